The molecule has 3 N–H and O–H groups in total. The van der Waals surface area contributed by atoms with E-state index in [1.807, 2.05) is 44.2 Å². The van der Waals surface area contributed by atoms with Crippen molar-refractivity contribution in [1.82, 2.24) is 14.9 Å². The molecule has 0 unspecified atom stereocenters. The highest BCUT2D eigenvalue weighted by Gasteiger charge is 2.15. The first-order chi connectivity index (χ1) is 14.3. The average Bonchev–Trinajstić information content (AvgIpc) is 3.06. The van der Waals surface area contributed by atoms with Crippen molar-refractivity contribution in [2.75, 3.05) is 16.9 Å². The van der Waals surface area contributed by atoms with Gasteiger partial charge in [-0.3, -0.25) is 4.79 Å². The van der Waals surface area contributed by atoms with Gasteiger partial charge in [0, 0.05) is 5.69 Å². The summed E-state index contributed by atoms with van der Waals surface area (Å²) in [5.41, 5.74) is 4.15. The SMILES string of the molecule is Cc1ccc(NC(=O)CSc2nnc(COc3cc(C)ccc3C(C)C)n2N)cc1. The number of carbonyl (C=O) groups excluding carboxylic acids is 1. The average molecular weight is 426 g/mol. The number of aryl methyl sites for hydroxylation is 2. The van der Waals surface area contributed by atoms with Gasteiger partial charge in [-0.05, 0) is 49.1 Å². The summed E-state index contributed by atoms with van der Waals surface area (Å²) >= 11 is 1.23. The van der Waals surface area contributed by atoms with Gasteiger partial charge in [-0.25, -0.2) is 4.68 Å². The predicted molar refractivity (Wildman–Crippen MR) is 120 cm³/mol. The Morgan fingerprint density at radius 3 is 2.53 bits per heavy atom. The molecule has 0 atom stereocenters. The van der Waals surface area contributed by atoms with Crippen molar-refractivity contribution in [3.63, 3.8) is 0 Å². The lowest BCUT2D eigenvalue weighted by atomic mass is 10.0. The van der Waals surface area contributed by atoms with E-state index < -0.39 is 0 Å². The Bertz CT molecular complexity index is 1010. The maximum absolute atomic E-state index is 12.2. The Hall–Kier alpha value is -3.00. The molecule has 3 aromatic rings. The highest BCUT2D eigenvalue weighted by molar-refractivity contribution is 7.99. The first-order valence-electron chi connectivity index (χ1n) is 9.75. The van der Waals surface area contributed by atoms with Crippen LogP contribution in [0.15, 0.2) is 47.6 Å². The summed E-state index contributed by atoms with van der Waals surface area (Å²) in [4.78, 5) is 12.2. The summed E-state index contributed by atoms with van der Waals surface area (Å²) in [6, 6.07) is 13.8. The molecule has 0 aliphatic rings. The van der Waals surface area contributed by atoms with Gasteiger partial charge in [0.05, 0.1) is 5.75 Å². The Kier molecular flexibility index (Phi) is 6.99. The lowest BCUT2D eigenvalue weighted by Gasteiger charge is -2.14. The summed E-state index contributed by atoms with van der Waals surface area (Å²) in [6.07, 6.45) is 0. The number of ether oxygens (including phenoxy) is 1. The second-order valence-corrected chi connectivity index (χ2v) is 8.40. The van der Waals surface area contributed by atoms with Gasteiger partial charge in [-0.1, -0.05) is 55.4 Å². The highest BCUT2D eigenvalue weighted by Crippen LogP contribution is 2.28. The first-order valence-corrected chi connectivity index (χ1v) is 10.7. The second kappa shape index (κ2) is 9.67. The minimum Gasteiger partial charge on any atom is -0.485 e. The van der Waals surface area contributed by atoms with Crippen LogP contribution in [0.1, 0.15) is 42.3 Å². The summed E-state index contributed by atoms with van der Waals surface area (Å²) in [5.74, 6) is 7.81. The summed E-state index contributed by atoms with van der Waals surface area (Å²) in [5, 5.41) is 11.5. The van der Waals surface area contributed by atoms with Gasteiger partial charge >= 0.3 is 0 Å². The molecular formula is C22H27N5O2S. The number of thioether (sulfide) groups is 1. The largest absolute Gasteiger partial charge is 0.485 e. The molecule has 0 fully saturated rings. The number of nitrogens with two attached hydrogens (primary N) is 1. The number of nitrogens with zero attached hydrogens (tertiary/aromatic N) is 3. The zero-order valence-corrected chi connectivity index (χ0v) is 18.5. The molecule has 0 aliphatic carbocycles. The van der Waals surface area contributed by atoms with Crippen LogP contribution in [-0.2, 0) is 11.4 Å². The minimum atomic E-state index is -0.133. The maximum Gasteiger partial charge on any atom is 0.234 e. The lowest BCUT2D eigenvalue weighted by molar-refractivity contribution is -0.113. The molecule has 1 aromatic heterocycles. The van der Waals surface area contributed by atoms with E-state index in [0.29, 0.717) is 16.9 Å². The van der Waals surface area contributed by atoms with Crippen molar-refractivity contribution in [2.24, 2.45) is 0 Å². The van der Waals surface area contributed by atoms with E-state index in [1.165, 1.54) is 16.4 Å². The van der Waals surface area contributed by atoms with E-state index in [-0.39, 0.29) is 18.3 Å². The molecule has 30 heavy (non-hydrogen) atoms. The number of hydrogen-bond donors (Lipinski definition) is 2. The Labute approximate surface area is 181 Å². The highest BCUT2D eigenvalue weighted by atomic mass is 32.2. The van der Waals surface area contributed by atoms with Gasteiger partial charge in [0.1, 0.15) is 12.4 Å². The Morgan fingerprint density at radius 1 is 1.13 bits per heavy atom. The molecule has 0 aliphatic heterocycles. The third kappa shape index (κ3) is 5.54. The molecule has 0 bridgehead atoms. The van der Waals surface area contributed by atoms with Crippen LogP contribution in [0.2, 0.25) is 0 Å². The normalized spacial score (nSPS) is 11.0. The van der Waals surface area contributed by atoms with Crippen molar-refractivity contribution in [1.29, 1.82) is 0 Å². The smallest absolute Gasteiger partial charge is 0.234 e. The third-order valence-electron chi connectivity index (χ3n) is 4.55. The monoisotopic (exact) mass is 425 g/mol. The maximum atomic E-state index is 12.2. The number of rotatable bonds is 8. The van der Waals surface area contributed by atoms with Crippen molar-refractivity contribution < 1.29 is 9.53 Å². The number of aromatic nitrogens is 3. The van der Waals surface area contributed by atoms with E-state index in [1.54, 1.807) is 0 Å². The molecule has 158 valence electrons. The lowest BCUT2D eigenvalue weighted by Crippen LogP contribution is -2.18. The summed E-state index contributed by atoms with van der Waals surface area (Å²) in [6.45, 7) is 8.47. The minimum absolute atomic E-state index is 0.133. The first kappa shape index (κ1) is 21.7. The van der Waals surface area contributed by atoms with Crippen LogP contribution in [0, 0.1) is 13.8 Å². The second-order valence-electron chi connectivity index (χ2n) is 7.46. The Morgan fingerprint density at radius 2 is 1.83 bits per heavy atom. The quantitative estimate of drug-likeness (QED) is 0.418. The fraction of sp³-hybridized carbons (Fsp3) is 0.318. The van der Waals surface area contributed by atoms with E-state index in [4.69, 9.17) is 10.6 Å². The molecule has 0 spiro atoms. The molecule has 1 heterocycles. The standard InChI is InChI=1S/C22H27N5O2S/c1-14(2)18-10-7-16(4)11-19(18)29-12-20-25-26-22(27(20)23)30-13-21(28)24-17-8-5-15(3)6-9-17/h5-11,14H,12-13,23H2,1-4H3,(H,24,28). The zero-order chi connectivity index (χ0) is 21.7. The van der Waals surface area contributed by atoms with E-state index >= 15 is 0 Å². The molecule has 3 rings (SSSR count). The van der Waals surface area contributed by atoms with Crippen LogP contribution in [-0.4, -0.2) is 26.5 Å². The van der Waals surface area contributed by atoms with Crippen molar-refractivity contribution in [3.05, 3.63) is 65.0 Å². The number of benzene rings is 2. The summed E-state index contributed by atoms with van der Waals surface area (Å²) in [7, 11) is 0. The zero-order valence-electron chi connectivity index (χ0n) is 17.7. The Balaban J connectivity index is 1.58. The van der Waals surface area contributed by atoms with E-state index in [0.717, 1.165) is 28.1 Å². The number of anilines is 1. The van der Waals surface area contributed by atoms with Gasteiger partial charge < -0.3 is 15.9 Å². The van der Waals surface area contributed by atoms with Crippen LogP contribution in [0.5, 0.6) is 5.75 Å². The number of nitrogens with one attached hydrogen (secondary N) is 1. The van der Waals surface area contributed by atoms with Gasteiger partial charge in [-0.15, -0.1) is 10.2 Å². The van der Waals surface area contributed by atoms with E-state index in [9.17, 15) is 4.79 Å². The summed E-state index contributed by atoms with van der Waals surface area (Å²) < 4.78 is 7.35. The fourth-order valence-electron chi connectivity index (χ4n) is 2.85. The number of carbonyl (C=O) groups is 1. The number of nitrogen functional groups attached to an aromatic ring is 1. The van der Waals surface area contributed by atoms with Gasteiger partial charge in [-0.2, -0.15) is 0 Å². The predicted octanol–water partition coefficient (Wildman–Crippen LogP) is 4.04. The molecule has 7 nitrogen and oxygen atoms in total. The van der Waals surface area contributed by atoms with Crippen LogP contribution < -0.4 is 15.9 Å². The van der Waals surface area contributed by atoms with Gasteiger partial charge in [0.2, 0.25) is 11.1 Å². The third-order valence-corrected chi connectivity index (χ3v) is 5.49. The van der Waals surface area contributed by atoms with Crippen molar-refractivity contribution >= 4 is 23.4 Å². The molecule has 0 radical (unpaired) electrons. The fourth-order valence-corrected chi connectivity index (χ4v) is 3.53. The van der Waals surface area contributed by atoms with Gasteiger partial charge in [0.15, 0.2) is 5.82 Å². The van der Waals surface area contributed by atoms with Crippen LogP contribution in [0.4, 0.5) is 5.69 Å². The molecule has 0 saturated heterocycles. The van der Waals surface area contributed by atoms with Crippen molar-refractivity contribution in [3.8, 4) is 5.75 Å². The van der Waals surface area contributed by atoms with Gasteiger partial charge in [0.25, 0.3) is 0 Å². The van der Waals surface area contributed by atoms with E-state index in [2.05, 4.69) is 41.5 Å². The van der Waals surface area contributed by atoms with Crippen LogP contribution in [0.3, 0.4) is 0 Å². The molecular weight excluding hydrogens is 398 g/mol. The number of hydrogen-bond acceptors (Lipinski definition) is 6. The van der Waals surface area contributed by atoms with Crippen molar-refractivity contribution in [2.45, 2.75) is 45.4 Å². The molecule has 0 saturated carbocycles. The number of amides is 1. The van der Waals surface area contributed by atoms with Crippen LogP contribution in [0.25, 0.3) is 0 Å². The van der Waals surface area contributed by atoms with Crippen LogP contribution >= 0.6 is 11.8 Å². The topological polar surface area (TPSA) is 95.1 Å². The molecule has 8 heteroatoms. The molecule has 2 aromatic carbocycles. The molecule has 1 amide bonds.